The van der Waals surface area contributed by atoms with Crippen molar-refractivity contribution in [1.29, 1.82) is 0 Å². The molecule has 0 spiro atoms. The van der Waals surface area contributed by atoms with Crippen molar-refractivity contribution in [1.82, 2.24) is 14.9 Å². The number of nitrogens with one attached hydrogen (secondary N) is 1. The summed E-state index contributed by atoms with van der Waals surface area (Å²) in [4.78, 5) is 17.4. The molecule has 1 aromatic heterocycles. The Morgan fingerprint density at radius 2 is 1.93 bits per heavy atom. The van der Waals surface area contributed by atoms with Crippen LogP contribution in [0.15, 0.2) is 60.8 Å². The maximum atomic E-state index is 12.8. The highest BCUT2D eigenvalue weighted by Crippen LogP contribution is 2.29. The summed E-state index contributed by atoms with van der Waals surface area (Å²) in [6.07, 6.45) is 4.64. The largest absolute Gasteiger partial charge is 0.491 e. The summed E-state index contributed by atoms with van der Waals surface area (Å²) in [5.41, 5.74) is 2.99. The van der Waals surface area contributed by atoms with Gasteiger partial charge in [-0.05, 0) is 30.0 Å². The van der Waals surface area contributed by atoms with Crippen LogP contribution in [0.5, 0.6) is 5.75 Å². The lowest BCUT2D eigenvalue weighted by Crippen LogP contribution is -2.42. The van der Waals surface area contributed by atoms with Crippen LogP contribution in [-0.4, -0.2) is 28.1 Å². The molecule has 2 atom stereocenters. The summed E-state index contributed by atoms with van der Waals surface area (Å²) in [5.74, 6) is 2.27. The minimum Gasteiger partial charge on any atom is -0.491 e. The van der Waals surface area contributed by atoms with Crippen LogP contribution in [0.1, 0.15) is 39.8 Å². The normalized spacial score (nSPS) is 20.6. The standard InChI is InChI=1S/C23H23N3O2/c27-23(24-19-12-17-8-4-5-9-21(17)28-15-19)20-14-26-13-18(10-11-22(26)25-20)16-6-2-1-3-7-16/h1-9,14,18-19H,10-13,15H2,(H,24,27)/t18?,19-/m1/s1. The second kappa shape index (κ2) is 7.15. The Hall–Kier alpha value is -3.08. The van der Waals surface area contributed by atoms with Gasteiger partial charge in [0.15, 0.2) is 0 Å². The molecule has 5 rings (SSSR count). The number of carbonyl (C=O) groups is 1. The Labute approximate surface area is 164 Å². The Kier molecular flexibility index (Phi) is 4.35. The number of amides is 1. The average molecular weight is 373 g/mol. The fraction of sp³-hybridized carbons (Fsp3) is 0.304. The summed E-state index contributed by atoms with van der Waals surface area (Å²) in [7, 11) is 0. The van der Waals surface area contributed by atoms with Crippen molar-refractivity contribution in [2.24, 2.45) is 0 Å². The van der Waals surface area contributed by atoms with E-state index in [2.05, 4.69) is 39.1 Å². The minimum absolute atomic E-state index is 0.0294. The topological polar surface area (TPSA) is 56.1 Å². The highest BCUT2D eigenvalue weighted by Gasteiger charge is 2.26. The van der Waals surface area contributed by atoms with Crippen LogP contribution in [0, 0.1) is 0 Å². The zero-order valence-electron chi connectivity index (χ0n) is 15.7. The van der Waals surface area contributed by atoms with Crippen molar-refractivity contribution in [3.8, 4) is 5.75 Å². The molecule has 1 unspecified atom stereocenters. The van der Waals surface area contributed by atoms with Gasteiger partial charge < -0.3 is 14.6 Å². The molecule has 0 saturated heterocycles. The number of benzene rings is 2. The van der Waals surface area contributed by atoms with Crippen LogP contribution in [0.3, 0.4) is 0 Å². The van der Waals surface area contributed by atoms with Crippen LogP contribution in [0.2, 0.25) is 0 Å². The Bertz CT molecular complexity index is 996. The number of fused-ring (bicyclic) bond motifs is 2. The second-order valence-electron chi connectivity index (χ2n) is 7.63. The predicted octanol–water partition coefficient (Wildman–Crippen LogP) is 3.35. The molecule has 1 N–H and O–H groups in total. The van der Waals surface area contributed by atoms with Crippen LogP contribution in [0.25, 0.3) is 0 Å². The van der Waals surface area contributed by atoms with E-state index in [0.29, 0.717) is 18.2 Å². The van der Waals surface area contributed by atoms with Crippen LogP contribution < -0.4 is 10.1 Å². The number of aryl methyl sites for hydroxylation is 1. The SMILES string of the molecule is O=C(N[C@H]1COc2ccccc2C1)c1cn2c(n1)CCC(c1ccccc1)C2. The van der Waals surface area contributed by atoms with Crippen molar-refractivity contribution < 1.29 is 9.53 Å². The molecule has 28 heavy (non-hydrogen) atoms. The van der Waals surface area contributed by atoms with Gasteiger partial charge in [0.1, 0.15) is 23.9 Å². The van der Waals surface area contributed by atoms with E-state index in [0.717, 1.165) is 42.9 Å². The molecule has 2 aliphatic heterocycles. The van der Waals surface area contributed by atoms with E-state index < -0.39 is 0 Å². The molecule has 1 amide bonds. The van der Waals surface area contributed by atoms with Crippen LogP contribution in [0.4, 0.5) is 0 Å². The number of imidazole rings is 1. The first-order chi connectivity index (χ1) is 13.8. The van der Waals surface area contributed by atoms with Crippen molar-refractivity contribution in [2.75, 3.05) is 6.61 Å². The Balaban J connectivity index is 1.27. The molecule has 0 saturated carbocycles. The molecule has 5 heteroatoms. The maximum Gasteiger partial charge on any atom is 0.271 e. The molecule has 5 nitrogen and oxygen atoms in total. The molecular formula is C23H23N3O2. The van der Waals surface area contributed by atoms with Gasteiger partial charge in [-0.15, -0.1) is 0 Å². The quantitative estimate of drug-likeness (QED) is 0.766. The third-order valence-corrected chi connectivity index (χ3v) is 5.71. The first-order valence-corrected chi connectivity index (χ1v) is 9.89. The number of rotatable bonds is 3. The van der Waals surface area contributed by atoms with Crippen molar-refractivity contribution in [2.45, 2.75) is 37.8 Å². The van der Waals surface area contributed by atoms with Gasteiger partial charge in [-0.25, -0.2) is 4.98 Å². The molecule has 2 aliphatic rings. The van der Waals surface area contributed by atoms with Gasteiger partial charge in [0, 0.05) is 25.1 Å². The highest BCUT2D eigenvalue weighted by atomic mass is 16.5. The zero-order valence-corrected chi connectivity index (χ0v) is 15.7. The average Bonchev–Trinajstić information content (AvgIpc) is 3.18. The van der Waals surface area contributed by atoms with E-state index in [4.69, 9.17) is 4.74 Å². The van der Waals surface area contributed by atoms with Gasteiger partial charge in [0.05, 0.1) is 6.04 Å². The number of para-hydroxylation sites is 1. The molecule has 3 heterocycles. The number of nitrogens with zero attached hydrogens (tertiary/aromatic N) is 2. The van der Waals surface area contributed by atoms with Crippen molar-refractivity contribution in [3.63, 3.8) is 0 Å². The number of hydrogen-bond acceptors (Lipinski definition) is 3. The summed E-state index contributed by atoms with van der Waals surface area (Å²) < 4.78 is 7.92. The minimum atomic E-state index is -0.119. The van der Waals surface area contributed by atoms with Crippen LogP contribution >= 0.6 is 0 Å². The van der Waals surface area contributed by atoms with E-state index >= 15 is 0 Å². The molecule has 2 aromatic carbocycles. The first-order valence-electron chi connectivity index (χ1n) is 9.89. The van der Waals surface area contributed by atoms with Gasteiger partial charge in [-0.2, -0.15) is 0 Å². The predicted molar refractivity (Wildman–Crippen MR) is 107 cm³/mol. The fourth-order valence-electron chi connectivity index (χ4n) is 4.23. The Morgan fingerprint density at radius 1 is 1.11 bits per heavy atom. The van der Waals surface area contributed by atoms with E-state index in [9.17, 15) is 4.79 Å². The zero-order chi connectivity index (χ0) is 18.9. The molecular weight excluding hydrogens is 350 g/mol. The molecule has 0 radical (unpaired) electrons. The van der Waals surface area contributed by atoms with Gasteiger partial charge in [0.25, 0.3) is 5.91 Å². The lowest BCUT2D eigenvalue weighted by molar-refractivity contribution is 0.0910. The smallest absolute Gasteiger partial charge is 0.271 e. The first kappa shape index (κ1) is 17.0. The number of hydrogen-bond donors (Lipinski definition) is 1. The molecule has 0 bridgehead atoms. The summed E-state index contributed by atoms with van der Waals surface area (Å²) in [5, 5.41) is 3.09. The highest BCUT2D eigenvalue weighted by molar-refractivity contribution is 5.92. The van der Waals surface area contributed by atoms with Crippen LogP contribution in [-0.2, 0) is 19.4 Å². The third kappa shape index (κ3) is 3.28. The molecule has 3 aromatic rings. The maximum absolute atomic E-state index is 12.8. The van der Waals surface area contributed by atoms with E-state index in [1.54, 1.807) is 0 Å². The number of aromatic nitrogens is 2. The summed E-state index contributed by atoms with van der Waals surface area (Å²) in [6.45, 7) is 1.37. The third-order valence-electron chi connectivity index (χ3n) is 5.71. The van der Waals surface area contributed by atoms with Crippen molar-refractivity contribution in [3.05, 3.63) is 83.4 Å². The van der Waals surface area contributed by atoms with Gasteiger partial charge in [-0.1, -0.05) is 48.5 Å². The van der Waals surface area contributed by atoms with E-state index in [-0.39, 0.29) is 11.9 Å². The fourth-order valence-corrected chi connectivity index (χ4v) is 4.23. The second-order valence-corrected chi connectivity index (χ2v) is 7.63. The molecule has 142 valence electrons. The van der Waals surface area contributed by atoms with Gasteiger partial charge in [-0.3, -0.25) is 4.79 Å². The Morgan fingerprint density at radius 3 is 2.82 bits per heavy atom. The van der Waals surface area contributed by atoms with Gasteiger partial charge >= 0.3 is 0 Å². The summed E-state index contributed by atoms with van der Waals surface area (Å²) in [6, 6.07) is 18.5. The van der Waals surface area contributed by atoms with Gasteiger partial charge in [0.2, 0.25) is 0 Å². The van der Waals surface area contributed by atoms with E-state index in [1.807, 2.05) is 36.5 Å². The number of carbonyl (C=O) groups excluding carboxylic acids is 1. The number of ether oxygens (including phenoxy) is 1. The monoisotopic (exact) mass is 373 g/mol. The van der Waals surface area contributed by atoms with Crippen molar-refractivity contribution >= 4 is 5.91 Å². The molecule has 0 aliphatic carbocycles. The lowest BCUT2D eigenvalue weighted by atomic mass is 9.92. The van der Waals surface area contributed by atoms with E-state index in [1.165, 1.54) is 5.56 Å². The summed E-state index contributed by atoms with van der Waals surface area (Å²) >= 11 is 0. The molecule has 0 fully saturated rings. The lowest BCUT2D eigenvalue weighted by Gasteiger charge is -2.25.